The fourth-order valence-corrected chi connectivity index (χ4v) is 4.94. The molecule has 0 unspecified atom stereocenters. The third kappa shape index (κ3) is 6.42. The molecule has 0 spiro atoms. The van der Waals surface area contributed by atoms with E-state index in [1.165, 1.54) is 44.5 Å². The molecule has 0 nitrogen and oxygen atoms in total. The maximum Gasteiger partial charge on any atom is 0.0413 e. The Balaban J connectivity index is 3.12. The predicted molar refractivity (Wildman–Crippen MR) is 157 cm³/mol. The molecule has 0 saturated carbocycles. The zero-order valence-electron chi connectivity index (χ0n) is 25.4. The van der Waals surface area contributed by atoms with Crippen molar-refractivity contribution >= 4 is 0 Å². The first-order chi connectivity index (χ1) is 15.4. The quantitative estimate of drug-likeness (QED) is 0.417. The van der Waals surface area contributed by atoms with Crippen LogP contribution in [0, 0.1) is 46.0 Å². The molecule has 0 bridgehead atoms. The first-order valence-electron chi connectivity index (χ1n) is 13.1. The number of rotatable bonds is 3. The van der Waals surface area contributed by atoms with Crippen molar-refractivity contribution in [1.82, 2.24) is 0 Å². The van der Waals surface area contributed by atoms with E-state index in [1.807, 2.05) is 0 Å². The van der Waals surface area contributed by atoms with E-state index in [0.29, 0.717) is 0 Å². The molecule has 0 fully saturated rings. The van der Waals surface area contributed by atoms with Crippen LogP contribution in [-0.2, 0) is 21.7 Å². The highest BCUT2D eigenvalue weighted by atomic mass is 14.4. The molecular weight excluding hydrogens is 420 g/mol. The highest BCUT2D eigenvalue weighted by molar-refractivity contribution is 5.65. The van der Waals surface area contributed by atoms with Gasteiger partial charge in [0.15, 0.2) is 0 Å². The van der Waals surface area contributed by atoms with E-state index in [1.54, 1.807) is 0 Å². The van der Waals surface area contributed by atoms with Gasteiger partial charge in [0.1, 0.15) is 0 Å². The van der Waals surface area contributed by atoms with E-state index in [-0.39, 0.29) is 21.7 Å². The van der Waals surface area contributed by atoms with Crippen LogP contribution < -0.4 is 0 Å². The van der Waals surface area contributed by atoms with Gasteiger partial charge in [0.25, 0.3) is 0 Å². The second kappa shape index (κ2) is 9.08. The second-order valence-corrected chi connectivity index (χ2v) is 15.1. The molecule has 35 heavy (non-hydrogen) atoms. The van der Waals surface area contributed by atoms with Gasteiger partial charge in [-0.1, -0.05) is 107 Å². The average molecular weight is 473 g/mol. The van der Waals surface area contributed by atoms with Crippen molar-refractivity contribution in [3.63, 3.8) is 0 Å². The molecular formula is C35H52. The van der Waals surface area contributed by atoms with Crippen LogP contribution in [0.5, 0.6) is 0 Å². The SMILES string of the molecule is [CH2]C([CH2])([CH2])[C](c1c(C)cc(C(C)(C)C)cc1C(C)(C)C)c1c(C)cc(C(C)(C)C)cc1C(C)(C)C. The van der Waals surface area contributed by atoms with Crippen LogP contribution in [0.15, 0.2) is 24.3 Å². The molecule has 0 atom stereocenters. The normalized spacial score (nSPS) is 14.1. The molecule has 2 aromatic carbocycles. The number of aryl methyl sites for hydroxylation is 2. The Morgan fingerprint density at radius 2 is 0.771 bits per heavy atom. The van der Waals surface area contributed by atoms with E-state index in [4.69, 9.17) is 0 Å². The standard InChI is InChI=1S/C35H52/c1-22-18-24(31(3,4)5)20-26(33(9,10)11)28(22)30(35(15,16)17)29-23(2)19-25(32(6,7)8)21-27(29)34(12,13)14/h18-21H,15-17H2,1-14H3. The summed E-state index contributed by atoms with van der Waals surface area (Å²) in [6, 6.07) is 9.57. The van der Waals surface area contributed by atoms with Crippen molar-refractivity contribution in [2.24, 2.45) is 5.41 Å². The summed E-state index contributed by atoms with van der Waals surface area (Å²) >= 11 is 0. The van der Waals surface area contributed by atoms with Crippen molar-refractivity contribution in [3.8, 4) is 0 Å². The third-order valence-corrected chi connectivity index (χ3v) is 7.05. The molecule has 0 heterocycles. The third-order valence-electron chi connectivity index (χ3n) is 7.05. The second-order valence-electron chi connectivity index (χ2n) is 15.1. The molecule has 4 radical (unpaired) electrons. The first-order valence-corrected chi connectivity index (χ1v) is 13.1. The van der Waals surface area contributed by atoms with Gasteiger partial charge >= 0.3 is 0 Å². The minimum atomic E-state index is -0.762. The van der Waals surface area contributed by atoms with Crippen LogP contribution in [0.4, 0.5) is 0 Å². The topological polar surface area (TPSA) is 0 Å². The van der Waals surface area contributed by atoms with Crippen LogP contribution in [0.2, 0.25) is 0 Å². The van der Waals surface area contributed by atoms with Gasteiger partial charge < -0.3 is 0 Å². The summed E-state index contributed by atoms with van der Waals surface area (Å²) in [7, 11) is 0. The summed E-state index contributed by atoms with van der Waals surface area (Å²) < 4.78 is 0. The van der Waals surface area contributed by atoms with Crippen molar-refractivity contribution in [2.45, 2.75) is 119 Å². The Kier molecular flexibility index (Phi) is 7.69. The Bertz CT molecular complexity index is 976. The highest BCUT2D eigenvalue weighted by Crippen LogP contribution is 2.49. The van der Waals surface area contributed by atoms with Crippen LogP contribution in [-0.4, -0.2) is 0 Å². The summed E-state index contributed by atoms with van der Waals surface area (Å²) in [4.78, 5) is 0. The number of hydrogen-bond donors (Lipinski definition) is 0. The van der Waals surface area contributed by atoms with E-state index < -0.39 is 5.41 Å². The van der Waals surface area contributed by atoms with Gasteiger partial charge in [-0.15, -0.1) is 0 Å². The maximum absolute atomic E-state index is 4.54. The molecule has 2 aromatic rings. The van der Waals surface area contributed by atoms with Crippen LogP contribution >= 0.6 is 0 Å². The molecule has 2 rings (SSSR count). The van der Waals surface area contributed by atoms with Crippen LogP contribution in [0.25, 0.3) is 0 Å². The highest BCUT2D eigenvalue weighted by Gasteiger charge is 2.39. The fourth-order valence-electron chi connectivity index (χ4n) is 4.94. The zero-order valence-corrected chi connectivity index (χ0v) is 25.4. The van der Waals surface area contributed by atoms with Gasteiger partial charge in [0, 0.05) is 5.92 Å². The van der Waals surface area contributed by atoms with E-state index >= 15 is 0 Å². The summed E-state index contributed by atoms with van der Waals surface area (Å²) in [5, 5.41) is 0. The van der Waals surface area contributed by atoms with Crippen LogP contribution in [0.3, 0.4) is 0 Å². The van der Waals surface area contributed by atoms with E-state index in [9.17, 15) is 0 Å². The molecule has 0 aliphatic carbocycles. The molecule has 192 valence electrons. The lowest BCUT2D eigenvalue weighted by molar-refractivity contribution is 0.547. The number of benzene rings is 2. The van der Waals surface area contributed by atoms with Gasteiger partial charge in [0.05, 0.1) is 0 Å². The summed E-state index contributed by atoms with van der Waals surface area (Å²) in [5.74, 6) is 1.16. The Morgan fingerprint density at radius 3 is 0.971 bits per heavy atom. The lowest BCUT2D eigenvalue weighted by atomic mass is 9.62. The van der Waals surface area contributed by atoms with Gasteiger partial charge in [-0.3, -0.25) is 0 Å². The summed E-state index contributed by atoms with van der Waals surface area (Å²) in [6.45, 7) is 45.7. The Hall–Kier alpha value is -1.56. The Labute approximate surface area is 219 Å². The molecule has 0 aromatic heterocycles. The fraction of sp³-hybridized carbons (Fsp3) is 0.543. The lowest BCUT2D eigenvalue weighted by Crippen LogP contribution is -2.31. The van der Waals surface area contributed by atoms with Crippen molar-refractivity contribution in [1.29, 1.82) is 0 Å². The zero-order chi connectivity index (χ0) is 27.5. The molecule has 0 aliphatic rings. The maximum atomic E-state index is 4.54. The molecule has 0 aliphatic heterocycles. The minimum Gasteiger partial charge on any atom is -0.0561 e. The first kappa shape index (κ1) is 29.7. The van der Waals surface area contributed by atoms with Crippen LogP contribution in [0.1, 0.15) is 128 Å². The smallest absolute Gasteiger partial charge is 0.0413 e. The van der Waals surface area contributed by atoms with Gasteiger partial charge in [0.2, 0.25) is 0 Å². The molecule has 0 N–H and O–H groups in total. The van der Waals surface area contributed by atoms with Gasteiger partial charge in [-0.05, 0) is 106 Å². The number of hydrogen-bond acceptors (Lipinski definition) is 0. The van der Waals surface area contributed by atoms with Crippen molar-refractivity contribution in [3.05, 3.63) is 95.5 Å². The summed E-state index contributed by atoms with van der Waals surface area (Å²) in [5.41, 5.74) is 9.79. The van der Waals surface area contributed by atoms with E-state index in [0.717, 1.165) is 5.92 Å². The average Bonchev–Trinajstić information content (AvgIpc) is 2.59. The summed E-state index contributed by atoms with van der Waals surface area (Å²) in [6.07, 6.45) is 0. The monoisotopic (exact) mass is 472 g/mol. The lowest BCUT2D eigenvalue weighted by Gasteiger charge is -2.41. The molecule has 0 saturated heterocycles. The van der Waals surface area contributed by atoms with Gasteiger partial charge in [-0.25, -0.2) is 0 Å². The molecule has 0 heteroatoms. The largest absolute Gasteiger partial charge is 0.0561 e. The molecule has 0 amide bonds. The van der Waals surface area contributed by atoms with Crippen molar-refractivity contribution < 1.29 is 0 Å². The van der Waals surface area contributed by atoms with E-state index in [2.05, 4.69) is 142 Å². The van der Waals surface area contributed by atoms with Gasteiger partial charge in [-0.2, -0.15) is 0 Å². The van der Waals surface area contributed by atoms with Crippen molar-refractivity contribution in [2.75, 3.05) is 0 Å². The minimum absolute atomic E-state index is 0.0427. The predicted octanol–water partition coefficient (Wildman–Crippen LogP) is 9.95. The Morgan fingerprint density at radius 1 is 0.486 bits per heavy atom.